The molecule has 0 saturated carbocycles. The van der Waals surface area contributed by atoms with Gasteiger partial charge in [-0.15, -0.1) is 23.4 Å². The minimum Gasteiger partial charge on any atom is -0.425 e. The summed E-state index contributed by atoms with van der Waals surface area (Å²) in [5, 5.41) is -0.615. The largest absolute Gasteiger partial charge is 0.425 e. The molecule has 2 nitrogen and oxygen atoms in total. The maximum Gasteiger partial charge on any atom is 0.329 e. The second kappa shape index (κ2) is 16.2. The maximum atomic E-state index is 12.2. The van der Waals surface area contributed by atoms with Crippen molar-refractivity contribution in [3.63, 3.8) is 0 Å². The Balaban J connectivity index is 1.70. The fourth-order valence-corrected chi connectivity index (χ4v) is 4.81. The Morgan fingerprint density at radius 2 is 1.33 bits per heavy atom. The number of unbranched alkanes of at least 4 members (excludes halogenated alkanes) is 8. The topological polar surface area (TPSA) is 26.3 Å². The molecule has 2 rings (SSSR count). The van der Waals surface area contributed by atoms with Crippen molar-refractivity contribution in [3.8, 4) is 16.9 Å². The van der Waals surface area contributed by atoms with E-state index in [1.165, 1.54) is 68.4 Å². The summed E-state index contributed by atoms with van der Waals surface area (Å²) in [6.45, 7) is 6.25. The smallest absolute Gasteiger partial charge is 0.329 e. The number of alkyl halides is 1. The number of hydrogen-bond acceptors (Lipinski definition) is 3. The number of thioether (sulfide) groups is 1. The van der Waals surface area contributed by atoms with Gasteiger partial charge < -0.3 is 4.74 Å². The lowest BCUT2D eigenvalue weighted by molar-refractivity contribution is -0.134. The summed E-state index contributed by atoms with van der Waals surface area (Å²) in [5.74, 6) is 1.43. The van der Waals surface area contributed by atoms with Gasteiger partial charge in [0.15, 0.2) is 0 Å². The van der Waals surface area contributed by atoms with Crippen molar-refractivity contribution >= 4 is 29.3 Å². The zero-order chi connectivity index (χ0) is 23.9. The van der Waals surface area contributed by atoms with Crippen molar-refractivity contribution in [3.05, 3.63) is 48.5 Å². The van der Waals surface area contributed by atoms with Crippen LogP contribution in [0, 0.1) is 5.92 Å². The molecule has 0 aliphatic carbocycles. The van der Waals surface area contributed by atoms with Crippen molar-refractivity contribution in [1.29, 1.82) is 0 Å². The Morgan fingerprint density at radius 3 is 1.88 bits per heavy atom. The van der Waals surface area contributed by atoms with Crippen molar-refractivity contribution < 1.29 is 9.53 Å². The molecule has 0 N–H and O–H groups in total. The van der Waals surface area contributed by atoms with E-state index in [2.05, 4.69) is 31.2 Å². The molecule has 0 amide bonds. The standard InChI is InChI=1S/C29H41ClO2S/c1-4-6-7-8-9-10-11-12-13-22-33-27-20-16-25(17-21-27)24-14-18-26(19-15-24)32-29(31)28(30)23(3)5-2/h14-21,23,28H,4-13,22H2,1-3H3. The van der Waals surface area contributed by atoms with E-state index >= 15 is 0 Å². The lowest BCUT2D eigenvalue weighted by atomic mass is 10.0. The Hall–Kier alpha value is -1.45. The van der Waals surface area contributed by atoms with Crippen LogP contribution in [0.15, 0.2) is 53.4 Å². The first-order valence-corrected chi connectivity index (χ1v) is 14.2. The van der Waals surface area contributed by atoms with E-state index in [1.807, 2.05) is 49.9 Å². The minimum absolute atomic E-state index is 0.0927. The van der Waals surface area contributed by atoms with Crippen molar-refractivity contribution in [1.82, 2.24) is 0 Å². The molecular formula is C29H41ClO2S. The van der Waals surface area contributed by atoms with E-state index in [-0.39, 0.29) is 11.9 Å². The molecule has 0 spiro atoms. The Bertz CT molecular complexity index is 788. The average Bonchev–Trinajstić information content (AvgIpc) is 2.85. The first-order chi connectivity index (χ1) is 16.0. The summed E-state index contributed by atoms with van der Waals surface area (Å²) in [7, 11) is 0. The van der Waals surface area contributed by atoms with Gasteiger partial charge in [-0.3, -0.25) is 4.79 Å². The van der Waals surface area contributed by atoms with Gasteiger partial charge in [-0.25, -0.2) is 0 Å². The molecule has 0 heterocycles. The third-order valence-electron chi connectivity index (χ3n) is 6.15. The van der Waals surface area contributed by atoms with Gasteiger partial charge in [-0.2, -0.15) is 0 Å². The number of hydrogen-bond donors (Lipinski definition) is 0. The summed E-state index contributed by atoms with van der Waals surface area (Å²) >= 11 is 8.13. The number of esters is 1. The highest BCUT2D eigenvalue weighted by Crippen LogP contribution is 2.27. The maximum absolute atomic E-state index is 12.2. The fourth-order valence-electron chi connectivity index (χ4n) is 3.67. The molecule has 0 aliphatic rings. The lowest BCUT2D eigenvalue weighted by Gasteiger charge is -2.15. The molecule has 2 atom stereocenters. The van der Waals surface area contributed by atoms with Crippen LogP contribution in [-0.4, -0.2) is 17.1 Å². The molecule has 33 heavy (non-hydrogen) atoms. The summed E-state index contributed by atoms with van der Waals surface area (Å²) in [6.07, 6.45) is 13.2. The second-order valence-electron chi connectivity index (χ2n) is 8.93. The van der Waals surface area contributed by atoms with E-state index < -0.39 is 5.38 Å². The zero-order valence-corrected chi connectivity index (χ0v) is 22.2. The van der Waals surface area contributed by atoms with Crippen molar-refractivity contribution in [2.24, 2.45) is 5.92 Å². The van der Waals surface area contributed by atoms with Crippen LogP contribution in [0.25, 0.3) is 11.1 Å². The second-order valence-corrected chi connectivity index (χ2v) is 10.6. The number of rotatable bonds is 16. The Labute approximate surface area is 210 Å². The monoisotopic (exact) mass is 488 g/mol. The number of benzene rings is 2. The number of carbonyl (C=O) groups excluding carboxylic acids is 1. The van der Waals surface area contributed by atoms with Crippen LogP contribution in [-0.2, 0) is 4.79 Å². The van der Waals surface area contributed by atoms with Crippen molar-refractivity contribution in [2.75, 3.05) is 5.75 Å². The third kappa shape index (κ3) is 10.6. The third-order valence-corrected chi connectivity index (χ3v) is 7.85. The molecule has 2 unspecified atom stereocenters. The minimum atomic E-state index is -0.615. The number of carbonyl (C=O) groups is 1. The molecule has 0 radical (unpaired) electrons. The average molecular weight is 489 g/mol. The van der Waals surface area contributed by atoms with Crippen LogP contribution >= 0.6 is 23.4 Å². The quantitative estimate of drug-likeness (QED) is 0.0773. The summed E-state index contributed by atoms with van der Waals surface area (Å²) < 4.78 is 5.44. The van der Waals surface area contributed by atoms with Crippen LogP contribution < -0.4 is 4.74 Å². The SMILES string of the molecule is CCCCCCCCCCCSc1ccc(-c2ccc(OC(=O)C(Cl)C(C)CC)cc2)cc1. The van der Waals surface area contributed by atoms with Crippen LogP contribution in [0.3, 0.4) is 0 Å². The molecule has 0 bridgehead atoms. The molecule has 2 aromatic carbocycles. The highest BCUT2D eigenvalue weighted by atomic mass is 35.5. The van der Waals surface area contributed by atoms with Crippen LogP contribution in [0.4, 0.5) is 0 Å². The van der Waals surface area contributed by atoms with Crippen molar-refractivity contribution in [2.45, 2.75) is 95.3 Å². The van der Waals surface area contributed by atoms with Gasteiger partial charge in [0, 0.05) is 4.90 Å². The summed E-state index contributed by atoms with van der Waals surface area (Å²) in [4.78, 5) is 13.5. The van der Waals surface area contributed by atoms with Gasteiger partial charge >= 0.3 is 5.97 Å². The highest BCUT2D eigenvalue weighted by Gasteiger charge is 2.23. The van der Waals surface area contributed by atoms with Gasteiger partial charge in [-0.1, -0.05) is 103 Å². The number of halogens is 1. The first kappa shape index (κ1) is 27.8. The first-order valence-electron chi connectivity index (χ1n) is 12.7. The van der Waals surface area contributed by atoms with E-state index in [1.54, 1.807) is 0 Å². The molecule has 0 aromatic heterocycles. The van der Waals surface area contributed by atoms with E-state index in [9.17, 15) is 4.79 Å². The van der Waals surface area contributed by atoms with Gasteiger partial charge in [0.05, 0.1) is 0 Å². The van der Waals surface area contributed by atoms with E-state index in [0.717, 1.165) is 17.5 Å². The van der Waals surface area contributed by atoms with Crippen LogP contribution in [0.5, 0.6) is 5.75 Å². The van der Waals surface area contributed by atoms with Gasteiger partial charge in [0.1, 0.15) is 11.1 Å². The predicted molar refractivity (Wildman–Crippen MR) is 145 cm³/mol. The Morgan fingerprint density at radius 1 is 0.818 bits per heavy atom. The fraction of sp³-hybridized carbons (Fsp3) is 0.552. The summed E-state index contributed by atoms with van der Waals surface area (Å²) in [6, 6.07) is 16.4. The van der Waals surface area contributed by atoms with Crippen LogP contribution in [0.1, 0.15) is 85.0 Å². The molecule has 0 saturated heterocycles. The van der Waals surface area contributed by atoms with Gasteiger partial charge in [0.2, 0.25) is 0 Å². The van der Waals surface area contributed by atoms with Gasteiger partial charge in [-0.05, 0) is 53.5 Å². The molecule has 0 aliphatic heterocycles. The normalized spacial score (nSPS) is 13.0. The molecular weight excluding hydrogens is 448 g/mol. The molecule has 4 heteroatoms. The summed E-state index contributed by atoms with van der Waals surface area (Å²) in [5.41, 5.74) is 2.27. The molecule has 182 valence electrons. The zero-order valence-electron chi connectivity index (χ0n) is 20.7. The predicted octanol–water partition coefficient (Wildman–Crippen LogP) is 9.54. The van der Waals surface area contributed by atoms with E-state index in [4.69, 9.17) is 16.3 Å². The molecule has 2 aromatic rings. The molecule has 0 fully saturated rings. The highest BCUT2D eigenvalue weighted by molar-refractivity contribution is 7.99. The number of ether oxygens (including phenoxy) is 1. The lowest BCUT2D eigenvalue weighted by Crippen LogP contribution is -2.26. The van der Waals surface area contributed by atoms with Crippen LogP contribution in [0.2, 0.25) is 0 Å². The Kier molecular flexibility index (Phi) is 13.7. The van der Waals surface area contributed by atoms with Gasteiger partial charge in [0.25, 0.3) is 0 Å². The van der Waals surface area contributed by atoms with E-state index in [0.29, 0.717) is 5.75 Å².